The summed E-state index contributed by atoms with van der Waals surface area (Å²) >= 11 is 0.149. The molecule has 2 aromatic rings. The monoisotopic (exact) mass is 516 g/mol. The van der Waals surface area contributed by atoms with E-state index in [-0.39, 0.29) is 21.1 Å². The zero-order valence-electron chi connectivity index (χ0n) is 17.9. The van der Waals surface area contributed by atoms with Crippen LogP contribution in [0.3, 0.4) is 0 Å². The summed E-state index contributed by atoms with van der Waals surface area (Å²) in [5, 5.41) is 8.54. The van der Waals surface area contributed by atoms with Crippen molar-refractivity contribution in [1.29, 1.82) is 0 Å². The molecule has 2 aromatic carbocycles. The molecule has 0 aliphatic rings. The van der Waals surface area contributed by atoms with Gasteiger partial charge in [0.1, 0.15) is 0 Å². The van der Waals surface area contributed by atoms with Crippen LogP contribution in [0.2, 0.25) is 8.87 Å². The van der Waals surface area contributed by atoms with Crippen LogP contribution >= 0.6 is 0 Å². The van der Waals surface area contributed by atoms with E-state index in [4.69, 9.17) is 9.84 Å². The average Bonchev–Trinajstić information content (AvgIpc) is 2.77. The minimum atomic E-state index is -1.19. The number of carboxylic acids is 1. The van der Waals surface area contributed by atoms with Crippen LogP contribution < -0.4 is 0 Å². The fourth-order valence-corrected chi connectivity index (χ4v) is 6.77. The predicted octanol–water partition coefficient (Wildman–Crippen LogP) is 6.09. The van der Waals surface area contributed by atoms with Crippen LogP contribution in [-0.2, 0) is 14.3 Å². The Morgan fingerprint density at radius 2 is 1.33 bits per heavy atom. The van der Waals surface area contributed by atoms with E-state index in [9.17, 15) is 9.59 Å². The third-order valence-electron chi connectivity index (χ3n) is 4.21. The molecule has 0 aromatic heterocycles. The number of carbonyl (C=O) groups is 2. The third-order valence-corrected chi connectivity index (χ3v) is 8.25. The second kappa shape index (κ2) is 16.7. The number of esters is 1. The molecule has 1 N–H and O–H groups in total. The maximum Gasteiger partial charge on any atom is 0.331 e. The molecule has 0 unspecified atom stereocenters. The summed E-state index contributed by atoms with van der Waals surface area (Å²) in [7, 11) is 0. The number of hydrogen-bond acceptors (Lipinski definition) is 3. The van der Waals surface area contributed by atoms with Gasteiger partial charge in [-0.2, -0.15) is 0 Å². The van der Waals surface area contributed by atoms with Crippen molar-refractivity contribution in [2.24, 2.45) is 0 Å². The van der Waals surface area contributed by atoms with E-state index >= 15 is 0 Å². The normalized spacial score (nSPS) is 10.5. The molecule has 0 heterocycles. The molecule has 160 valence electrons. The molecule has 5 heteroatoms. The van der Waals surface area contributed by atoms with Gasteiger partial charge in [0.05, 0.1) is 0 Å². The van der Waals surface area contributed by atoms with Gasteiger partial charge in [-0.25, -0.2) is 9.59 Å². The fraction of sp³-hybridized carbons (Fsp3) is 0.360. The van der Waals surface area contributed by atoms with Gasteiger partial charge >= 0.3 is 81.5 Å². The number of aliphatic carboxylic acids is 1. The van der Waals surface area contributed by atoms with Crippen LogP contribution in [0.25, 0.3) is 0 Å². The van der Waals surface area contributed by atoms with Gasteiger partial charge in [0.15, 0.2) is 6.10 Å². The minimum Gasteiger partial charge on any atom is -0.478 e. The first kappa shape index (κ1) is 26.0. The molecule has 30 heavy (non-hydrogen) atoms. The first-order valence-corrected chi connectivity index (χ1v) is 14.5. The molecule has 0 saturated heterocycles. The first-order valence-electron chi connectivity index (χ1n) is 10.5. The van der Waals surface area contributed by atoms with Crippen LogP contribution in [0.15, 0.2) is 72.8 Å². The number of hydrogen-bond donors (Lipinski definition) is 1. The van der Waals surface area contributed by atoms with E-state index in [1.54, 1.807) is 8.87 Å². The number of carbonyl (C=O) groups excluding carboxylic acids is 1. The molecule has 2 radical (unpaired) electrons. The Kier molecular flexibility index (Phi) is 14.4. The Hall–Kier alpha value is -2.08. The van der Waals surface area contributed by atoms with Crippen LogP contribution in [0.4, 0.5) is 0 Å². The van der Waals surface area contributed by atoms with Crippen molar-refractivity contribution in [2.45, 2.75) is 54.5 Å². The number of unbranched alkanes of at least 4 members (excludes halogenated alkanes) is 2. The summed E-state index contributed by atoms with van der Waals surface area (Å²) in [4.78, 5) is 22.2. The predicted molar refractivity (Wildman–Crippen MR) is 123 cm³/mol. The molecule has 0 spiro atoms. The number of benzene rings is 2. The first-order chi connectivity index (χ1) is 14.6. The molecule has 0 aliphatic heterocycles. The van der Waals surface area contributed by atoms with Gasteiger partial charge in [-0.05, 0) is 11.1 Å². The molecule has 4 nitrogen and oxygen atoms in total. The van der Waals surface area contributed by atoms with Gasteiger partial charge in [-0.3, -0.25) is 0 Å². The summed E-state index contributed by atoms with van der Waals surface area (Å²) in [5.74, 6) is -1.89. The largest absolute Gasteiger partial charge is 0.478 e. The van der Waals surface area contributed by atoms with Crippen molar-refractivity contribution >= 4 is 33.1 Å². The topological polar surface area (TPSA) is 63.6 Å². The van der Waals surface area contributed by atoms with Crippen molar-refractivity contribution in [2.75, 3.05) is 0 Å². The molecule has 0 atom stereocenters. The van der Waals surface area contributed by atoms with Crippen LogP contribution in [-0.4, -0.2) is 38.2 Å². The van der Waals surface area contributed by atoms with Crippen molar-refractivity contribution in [3.05, 3.63) is 83.9 Å². The van der Waals surface area contributed by atoms with Crippen molar-refractivity contribution in [3.63, 3.8) is 0 Å². The molecule has 0 amide bonds. The van der Waals surface area contributed by atoms with E-state index in [0.717, 1.165) is 23.3 Å². The van der Waals surface area contributed by atoms with Crippen LogP contribution in [0.1, 0.15) is 56.8 Å². The maximum atomic E-state index is 11.7. The van der Waals surface area contributed by atoms with Gasteiger partial charge in [0, 0.05) is 12.2 Å². The number of rotatable bonds is 11. The second-order valence-corrected chi connectivity index (χ2v) is 11.0. The third kappa shape index (κ3) is 11.8. The zero-order chi connectivity index (χ0) is 22.0. The molecule has 2 rings (SSSR count). The standard InChI is InChI=1S/C17H14O4.2C4H9.Sn/c18-15(19)11-12-16(20)21-17(13-7-3-1-4-8-13)14-9-5-2-6-10-14;2*1-3-4-2;/h1-12,17H,(H,18,19);2*1,3-4H2,2H3;/b12-11-;;;. The van der Waals surface area contributed by atoms with Crippen molar-refractivity contribution in [1.82, 2.24) is 0 Å². The smallest absolute Gasteiger partial charge is 0.331 e. The van der Waals surface area contributed by atoms with Crippen LogP contribution in [0, 0.1) is 0 Å². The second-order valence-electron chi connectivity index (χ2n) is 6.77. The quantitative estimate of drug-likeness (QED) is 0.170. The Balaban J connectivity index is 0.000000424. The molecule has 0 bridgehead atoms. The summed E-state index contributed by atoms with van der Waals surface area (Å²) in [6.07, 6.45) is 6.93. The molecule has 0 saturated carbocycles. The molecular weight excluding hydrogens is 483 g/mol. The van der Waals surface area contributed by atoms with Crippen molar-refractivity contribution in [3.8, 4) is 0 Å². The Bertz CT molecular complexity index is 699. The number of carboxylic acid groups (broad SMARTS) is 1. The summed E-state index contributed by atoms with van der Waals surface area (Å²) in [5.41, 5.74) is 1.64. The van der Waals surface area contributed by atoms with Gasteiger partial charge in [0.25, 0.3) is 0 Å². The van der Waals surface area contributed by atoms with Gasteiger partial charge in [-0.1, -0.05) is 60.7 Å². The van der Waals surface area contributed by atoms with Gasteiger partial charge in [0.2, 0.25) is 0 Å². The van der Waals surface area contributed by atoms with Crippen molar-refractivity contribution < 1.29 is 19.4 Å². The Labute approximate surface area is 190 Å². The van der Waals surface area contributed by atoms with E-state index in [2.05, 4.69) is 13.8 Å². The fourth-order valence-electron chi connectivity index (χ4n) is 2.61. The van der Waals surface area contributed by atoms with Gasteiger partial charge < -0.3 is 9.84 Å². The SMILES string of the molecule is CCC[CH2][Sn][CH2]CCC.O=C(O)/C=C\C(=O)OC(c1ccccc1)c1ccccc1. The molecule has 0 fully saturated rings. The Morgan fingerprint density at radius 3 is 1.73 bits per heavy atom. The van der Waals surface area contributed by atoms with E-state index in [1.807, 2.05) is 60.7 Å². The van der Waals surface area contributed by atoms with E-state index < -0.39 is 18.0 Å². The van der Waals surface area contributed by atoms with E-state index in [1.165, 1.54) is 25.7 Å². The zero-order valence-corrected chi connectivity index (χ0v) is 20.8. The average molecular weight is 515 g/mol. The minimum absolute atomic E-state index is 0.149. The maximum absolute atomic E-state index is 11.7. The number of ether oxygens (including phenoxy) is 1. The van der Waals surface area contributed by atoms with Crippen LogP contribution in [0.5, 0.6) is 0 Å². The van der Waals surface area contributed by atoms with E-state index in [0.29, 0.717) is 0 Å². The summed E-state index contributed by atoms with van der Waals surface area (Å²) in [6, 6.07) is 18.6. The van der Waals surface area contributed by atoms with Gasteiger partial charge in [-0.15, -0.1) is 0 Å². The summed E-state index contributed by atoms with van der Waals surface area (Å²) < 4.78 is 8.63. The summed E-state index contributed by atoms with van der Waals surface area (Å²) in [6.45, 7) is 4.58. The molecule has 0 aliphatic carbocycles. The Morgan fingerprint density at radius 1 is 0.867 bits per heavy atom. The molecular formula is C25H32O4Sn.